The van der Waals surface area contributed by atoms with Crippen molar-refractivity contribution in [3.8, 4) is 17.0 Å². The van der Waals surface area contributed by atoms with Gasteiger partial charge in [0.15, 0.2) is 0 Å². The second-order valence-corrected chi connectivity index (χ2v) is 11.2. The number of benzene rings is 1. The zero-order chi connectivity index (χ0) is 28.3. The summed E-state index contributed by atoms with van der Waals surface area (Å²) in [5.41, 5.74) is 1.81. The van der Waals surface area contributed by atoms with Crippen molar-refractivity contribution in [2.24, 2.45) is 0 Å². The highest BCUT2D eigenvalue weighted by Crippen LogP contribution is 2.36. The van der Waals surface area contributed by atoms with E-state index >= 15 is 0 Å². The zero-order valence-corrected chi connectivity index (χ0v) is 21.6. The molecule has 0 spiro atoms. The Kier molecular flexibility index (Phi) is 6.40. The van der Waals surface area contributed by atoms with E-state index in [0.29, 0.717) is 16.6 Å². The topological polar surface area (TPSA) is 120 Å². The van der Waals surface area contributed by atoms with Crippen LogP contribution in [0.4, 0.5) is 27.9 Å². The third kappa shape index (κ3) is 4.95. The number of alkyl halides is 5. The monoisotopic (exact) mass is 574 g/mol. The standard InChI is InChI=1S/C22H23F5N8O3S/c1-12(22(25,26)27)35-16-10-13(4-5-15(16)30-32-35)14-6-9-34-18(14)19(38-2)29-20(31-34)28-17-7-8-33(39(3,36)37)11-21(17,23)24/h4-6,9-10,12,17H,7-8,11H2,1-3H3,(H,28,31)/t12-,17-/m1/s1. The molecule has 210 valence electrons. The van der Waals surface area contributed by atoms with Crippen LogP contribution in [0.3, 0.4) is 0 Å². The van der Waals surface area contributed by atoms with Crippen molar-refractivity contribution in [2.75, 3.05) is 31.8 Å². The number of anilines is 1. The maximum absolute atomic E-state index is 14.8. The minimum atomic E-state index is -4.53. The number of rotatable bonds is 6. The fraction of sp³-hybridized carbons (Fsp3) is 0.455. The molecular weight excluding hydrogens is 551 g/mol. The third-order valence-electron chi connectivity index (χ3n) is 6.63. The van der Waals surface area contributed by atoms with Gasteiger partial charge in [0.2, 0.25) is 21.9 Å². The number of hydrogen-bond acceptors (Lipinski definition) is 8. The first-order valence-electron chi connectivity index (χ1n) is 11.6. The first kappa shape index (κ1) is 27.0. The van der Waals surface area contributed by atoms with Crippen molar-refractivity contribution in [1.29, 1.82) is 0 Å². The van der Waals surface area contributed by atoms with Gasteiger partial charge < -0.3 is 10.1 Å². The van der Waals surface area contributed by atoms with Gasteiger partial charge in [-0.3, -0.25) is 0 Å². The Bertz CT molecular complexity index is 1650. The molecule has 0 radical (unpaired) electrons. The normalized spacial score (nSPS) is 19.4. The van der Waals surface area contributed by atoms with Gasteiger partial charge in [-0.1, -0.05) is 11.3 Å². The Hall–Kier alpha value is -3.60. The van der Waals surface area contributed by atoms with E-state index in [1.807, 2.05) is 0 Å². The Morgan fingerprint density at radius 1 is 1.23 bits per heavy atom. The lowest BCUT2D eigenvalue weighted by atomic mass is 10.0. The summed E-state index contributed by atoms with van der Waals surface area (Å²) in [5.74, 6) is -3.54. The number of nitrogens with one attached hydrogen (secondary N) is 1. The van der Waals surface area contributed by atoms with Crippen molar-refractivity contribution >= 4 is 32.5 Å². The number of piperidine rings is 1. The van der Waals surface area contributed by atoms with Gasteiger partial charge in [-0.2, -0.15) is 22.5 Å². The fourth-order valence-electron chi connectivity index (χ4n) is 4.48. The van der Waals surface area contributed by atoms with Crippen LogP contribution in [0.5, 0.6) is 5.88 Å². The minimum Gasteiger partial charge on any atom is -0.479 e. The van der Waals surface area contributed by atoms with Crippen molar-refractivity contribution < 1.29 is 35.1 Å². The molecule has 5 rings (SSSR count). The van der Waals surface area contributed by atoms with E-state index < -0.39 is 40.8 Å². The minimum absolute atomic E-state index is 0.0276. The molecule has 3 aromatic heterocycles. The second kappa shape index (κ2) is 9.25. The molecule has 4 aromatic rings. The highest BCUT2D eigenvalue weighted by molar-refractivity contribution is 7.88. The molecule has 0 unspecified atom stereocenters. The highest BCUT2D eigenvalue weighted by Gasteiger charge is 2.47. The molecule has 4 heterocycles. The van der Waals surface area contributed by atoms with E-state index in [0.717, 1.165) is 22.2 Å². The number of fused-ring (bicyclic) bond motifs is 2. The highest BCUT2D eigenvalue weighted by atomic mass is 32.2. The van der Waals surface area contributed by atoms with Crippen LogP contribution in [0.1, 0.15) is 19.4 Å². The van der Waals surface area contributed by atoms with Crippen LogP contribution in [0, 0.1) is 0 Å². The summed E-state index contributed by atoms with van der Waals surface area (Å²) >= 11 is 0. The number of methoxy groups -OCH3 is 1. The lowest BCUT2D eigenvalue weighted by Gasteiger charge is -2.37. The van der Waals surface area contributed by atoms with Crippen molar-refractivity contribution in [1.82, 2.24) is 33.9 Å². The Morgan fingerprint density at radius 3 is 2.62 bits per heavy atom. The second-order valence-electron chi connectivity index (χ2n) is 9.27. The van der Waals surface area contributed by atoms with Crippen LogP contribution in [-0.2, 0) is 10.0 Å². The lowest BCUT2D eigenvalue weighted by Crippen LogP contribution is -2.55. The van der Waals surface area contributed by atoms with Crippen LogP contribution in [0.2, 0.25) is 0 Å². The molecule has 1 aliphatic heterocycles. The van der Waals surface area contributed by atoms with E-state index in [4.69, 9.17) is 4.74 Å². The number of sulfonamides is 1. The average molecular weight is 575 g/mol. The number of nitrogens with zero attached hydrogens (tertiary/aromatic N) is 7. The van der Waals surface area contributed by atoms with Gasteiger partial charge in [0.1, 0.15) is 17.1 Å². The van der Waals surface area contributed by atoms with Crippen molar-refractivity contribution in [3.05, 3.63) is 30.5 Å². The van der Waals surface area contributed by atoms with Crippen LogP contribution in [0.15, 0.2) is 30.5 Å². The first-order chi connectivity index (χ1) is 18.2. The van der Waals surface area contributed by atoms with Crippen LogP contribution in [-0.4, -0.2) is 86.9 Å². The predicted molar refractivity (Wildman–Crippen MR) is 130 cm³/mol. The summed E-state index contributed by atoms with van der Waals surface area (Å²) in [6.07, 6.45) is -2.30. The molecule has 1 aliphatic rings. The molecule has 39 heavy (non-hydrogen) atoms. The summed E-state index contributed by atoms with van der Waals surface area (Å²) in [4.78, 5) is 4.23. The van der Waals surface area contributed by atoms with Crippen molar-refractivity contribution in [3.63, 3.8) is 0 Å². The molecule has 1 saturated heterocycles. The van der Waals surface area contributed by atoms with E-state index in [1.165, 1.54) is 30.0 Å². The summed E-state index contributed by atoms with van der Waals surface area (Å²) in [6.45, 7) is -0.0913. The molecule has 17 heteroatoms. The number of hydrogen-bond donors (Lipinski definition) is 1. The van der Waals surface area contributed by atoms with Gasteiger partial charge in [0.05, 0.1) is 31.5 Å². The number of aromatic nitrogens is 6. The largest absolute Gasteiger partial charge is 0.479 e. The van der Waals surface area contributed by atoms with Crippen molar-refractivity contribution in [2.45, 2.75) is 37.5 Å². The first-order valence-corrected chi connectivity index (χ1v) is 13.5. The van der Waals surface area contributed by atoms with E-state index in [9.17, 15) is 30.4 Å². The maximum atomic E-state index is 14.8. The van der Waals surface area contributed by atoms with Gasteiger partial charge in [-0.15, -0.1) is 10.2 Å². The molecule has 0 aliphatic carbocycles. The fourth-order valence-corrected chi connectivity index (χ4v) is 5.33. The van der Waals surface area contributed by atoms with E-state index in [2.05, 4.69) is 25.7 Å². The molecule has 1 N–H and O–H groups in total. The van der Waals surface area contributed by atoms with Gasteiger partial charge in [-0.05, 0) is 37.1 Å². The summed E-state index contributed by atoms with van der Waals surface area (Å²) in [6, 6.07) is 2.99. The molecular formula is C22H23F5N8O3S. The molecule has 0 saturated carbocycles. The lowest BCUT2D eigenvalue weighted by molar-refractivity contribution is -0.164. The van der Waals surface area contributed by atoms with Crippen LogP contribution in [0.25, 0.3) is 27.7 Å². The predicted octanol–water partition coefficient (Wildman–Crippen LogP) is 3.35. The molecule has 1 aromatic carbocycles. The van der Waals surface area contributed by atoms with Gasteiger partial charge in [0, 0.05) is 18.3 Å². The molecule has 2 atom stereocenters. The summed E-state index contributed by atoms with van der Waals surface area (Å²) in [5, 5.41) is 14.3. The Morgan fingerprint density at radius 2 is 1.97 bits per heavy atom. The quantitative estimate of drug-likeness (QED) is 0.349. The van der Waals surface area contributed by atoms with Crippen LogP contribution < -0.4 is 10.1 Å². The zero-order valence-electron chi connectivity index (χ0n) is 20.8. The molecule has 0 amide bonds. The van der Waals surface area contributed by atoms with E-state index in [1.54, 1.807) is 12.1 Å². The van der Waals surface area contributed by atoms with Crippen LogP contribution >= 0.6 is 0 Å². The smallest absolute Gasteiger partial charge is 0.410 e. The Balaban J connectivity index is 1.49. The molecule has 0 bridgehead atoms. The summed E-state index contributed by atoms with van der Waals surface area (Å²) in [7, 11) is -2.45. The number of ether oxygens (including phenoxy) is 1. The number of halogens is 5. The molecule has 11 nitrogen and oxygen atoms in total. The SMILES string of the molecule is COc1nc(N[C@@H]2CCN(S(C)(=O)=O)CC2(F)F)nn2ccc(-c3ccc4nnn([C@H](C)C(F)(F)F)c4c3)c12. The maximum Gasteiger partial charge on any atom is 0.410 e. The summed E-state index contributed by atoms with van der Waals surface area (Å²) < 4.78 is 101. The van der Waals surface area contributed by atoms with Gasteiger partial charge >= 0.3 is 6.18 Å². The van der Waals surface area contributed by atoms with E-state index in [-0.39, 0.29) is 35.8 Å². The van der Waals surface area contributed by atoms with Gasteiger partial charge in [-0.25, -0.2) is 26.4 Å². The average Bonchev–Trinajstić information content (AvgIpc) is 3.46. The molecule has 1 fully saturated rings. The van der Waals surface area contributed by atoms with Gasteiger partial charge in [0.25, 0.3) is 5.92 Å². The third-order valence-corrected chi connectivity index (χ3v) is 7.88. The Labute approximate surface area is 218 Å².